The molecule has 1 atom stereocenters. The summed E-state index contributed by atoms with van der Waals surface area (Å²) < 4.78 is 0. The molecule has 18 heavy (non-hydrogen) atoms. The van der Waals surface area contributed by atoms with Gasteiger partial charge in [0.15, 0.2) is 0 Å². The average molecular weight is 240 g/mol. The van der Waals surface area contributed by atoms with Gasteiger partial charge in [0, 0.05) is 0 Å². The molecule has 2 rings (SSSR count). The van der Waals surface area contributed by atoms with Gasteiger partial charge in [0.05, 0.1) is 6.10 Å². The Labute approximate surface area is 107 Å². The molecule has 2 N–H and O–H groups in total. The van der Waals surface area contributed by atoms with Crippen LogP contribution in [0.4, 0.5) is 0 Å². The fraction of sp³-hybridized carbons (Fsp3) is 0.125. The second kappa shape index (κ2) is 6.03. The van der Waals surface area contributed by atoms with E-state index in [1.54, 1.807) is 24.3 Å². The summed E-state index contributed by atoms with van der Waals surface area (Å²) in [6, 6.07) is 16.7. The zero-order chi connectivity index (χ0) is 12.8. The highest BCUT2D eigenvalue weighted by molar-refractivity contribution is 5.48. The van der Waals surface area contributed by atoms with Gasteiger partial charge < -0.3 is 10.2 Å². The molecule has 1 unspecified atom stereocenters. The number of phenolic OH excluding ortho intramolecular Hbond substituents is 1. The van der Waals surface area contributed by atoms with E-state index < -0.39 is 6.10 Å². The van der Waals surface area contributed by atoms with E-state index in [0.29, 0.717) is 6.42 Å². The first-order chi connectivity index (χ1) is 8.75. The zero-order valence-electron chi connectivity index (χ0n) is 10.0. The molecule has 2 aromatic carbocycles. The third-order valence-electron chi connectivity index (χ3n) is 2.72. The van der Waals surface area contributed by atoms with Crippen LogP contribution in [0.1, 0.15) is 23.7 Å². The van der Waals surface area contributed by atoms with Gasteiger partial charge in [0.2, 0.25) is 0 Å². The topological polar surface area (TPSA) is 40.5 Å². The van der Waals surface area contributed by atoms with E-state index in [0.717, 1.165) is 11.1 Å². The molecule has 0 aliphatic carbocycles. The van der Waals surface area contributed by atoms with Gasteiger partial charge >= 0.3 is 0 Å². The van der Waals surface area contributed by atoms with Crippen LogP contribution >= 0.6 is 0 Å². The molecule has 92 valence electrons. The first kappa shape index (κ1) is 12.4. The minimum atomic E-state index is -0.586. The molecule has 0 bridgehead atoms. The fourth-order valence-electron chi connectivity index (χ4n) is 1.77. The molecule has 0 saturated carbocycles. The average Bonchev–Trinajstić information content (AvgIpc) is 2.40. The molecule has 0 radical (unpaired) electrons. The van der Waals surface area contributed by atoms with Crippen LogP contribution in [0, 0.1) is 0 Å². The highest BCUT2D eigenvalue weighted by Crippen LogP contribution is 2.21. The molecule has 0 heterocycles. The first-order valence-corrected chi connectivity index (χ1v) is 5.94. The molecule has 0 saturated heterocycles. The lowest BCUT2D eigenvalue weighted by Crippen LogP contribution is -1.94. The molecular weight excluding hydrogens is 224 g/mol. The zero-order valence-corrected chi connectivity index (χ0v) is 10.0. The Morgan fingerprint density at radius 2 is 1.78 bits per heavy atom. The maximum atomic E-state index is 9.96. The van der Waals surface area contributed by atoms with Crippen molar-refractivity contribution in [1.29, 1.82) is 0 Å². The summed E-state index contributed by atoms with van der Waals surface area (Å²) in [6.07, 6.45) is 3.85. The van der Waals surface area contributed by atoms with Crippen LogP contribution in [0.25, 0.3) is 6.08 Å². The smallest absolute Gasteiger partial charge is 0.115 e. The predicted octanol–water partition coefficient (Wildman–Crippen LogP) is 3.53. The number of benzene rings is 2. The number of phenols is 1. The van der Waals surface area contributed by atoms with Gasteiger partial charge in [0.1, 0.15) is 5.75 Å². The third kappa shape index (κ3) is 3.47. The van der Waals surface area contributed by atoms with Crippen molar-refractivity contribution < 1.29 is 10.2 Å². The number of aromatic hydroxyl groups is 1. The Bertz CT molecular complexity index is 518. The molecule has 0 spiro atoms. The normalized spacial score (nSPS) is 12.7. The van der Waals surface area contributed by atoms with Gasteiger partial charge in [-0.05, 0) is 29.7 Å². The highest BCUT2D eigenvalue weighted by Gasteiger charge is 2.05. The van der Waals surface area contributed by atoms with Gasteiger partial charge in [0.25, 0.3) is 0 Å². The summed E-state index contributed by atoms with van der Waals surface area (Å²) in [5.41, 5.74) is 1.84. The first-order valence-electron chi connectivity index (χ1n) is 5.94. The van der Waals surface area contributed by atoms with Gasteiger partial charge in [-0.1, -0.05) is 54.6 Å². The van der Waals surface area contributed by atoms with Crippen LogP contribution in [-0.4, -0.2) is 10.2 Å². The third-order valence-corrected chi connectivity index (χ3v) is 2.72. The second-order valence-electron chi connectivity index (χ2n) is 4.16. The van der Waals surface area contributed by atoms with E-state index in [9.17, 15) is 10.2 Å². The lowest BCUT2D eigenvalue weighted by atomic mass is 10.1. The number of aliphatic hydroxyl groups excluding tert-OH is 1. The number of hydrogen-bond acceptors (Lipinski definition) is 2. The van der Waals surface area contributed by atoms with Crippen LogP contribution in [0.3, 0.4) is 0 Å². The molecule has 0 aromatic heterocycles. The summed E-state index contributed by atoms with van der Waals surface area (Å²) in [4.78, 5) is 0. The fourth-order valence-corrected chi connectivity index (χ4v) is 1.77. The summed E-state index contributed by atoms with van der Waals surface area (Å²) >= 11 is 0. The minimum Gasteiger partial charge on any atom is -0.508 e. The van der Waals surface area contributed by atoms with Gasteiger partial charge in [-0.25, -0.2) is 0 Å². The van der Waals surface area contributed by atoms with Crippen molar-refractivity contribution in [3.05, 3.63) is 71.8 Å². The van der Waals surface area contributed by atoms with E-state index >= 15 is 0 Å². The second-order valence-corrected chi connectivity index (χ2v) is 4.16. The maximum Gasteiger partial charge on any atom is 0.115 e. The number of rotatable bonds is 4. The number of hydrogen-bond donors (Lipinski definition) is 2. The summed E-state index contributed by atoms with van der Waals surface area (Å²) in [5, 5.41) is 19.3. The summed E-state index contributed by atoms with van der Waals surface area (Å²) in [6.45, 7) is 0. The minimum absolute atomic E-state index is 0.179. The lowest BCUT2D eigenvalue weighted by Gasteiger charge is -2.08. The van der Waals surface area contributed by atoms with E-state index in [-0.39, 0.29) is 5.75 Å². The predicted molar refractivity (Wildman–Crippen MR) is 73.2 cm³/mol. The SMILES string of the molecule is Oc1cccc(C(O)C/C=C/c2ccccc2)c1. The molecule has 2 nitrogen and oxygen atoms in total. The molecule has 2 aromatic rings. The van der Waals surface area contributed by atoms with Crippen molar-refractivity contribution in [2.75, 3.05) is 0 Å². The van der Waals surface area contributed by atoms with E-state index in [1.807, 2.05) is 42.5 Å². The van der Waals surface area contributed by atoms with Gasteiger partial charge in [-0.3, -0.25) is 0 Å². The lowest BCUT2D eigenvalue weighted by molar-refractivity contribution is 0.181. The monoisotopic (exact) mass is 240 g/mol. The summed E-state index contributed by atoms with van der Waals surface area (Å²) in [5.74, 6) is 0.179. The Balaban J connectivity index is 1.96. The molecule has 0 amide bonds. The van der Waals surface area contributed by atoms with Crippen molar-refractivity contribution >= 4 is 6.08 Å². The van der Waals surface area contributed by atoms with Crippen molar-refractivity contribution in [2.24, 2.45) is 0 Å². The van der Waals surface area contributed by atoms with Crippen molar-refractivity contribution in [3.8, 4) is 5.75 Å². The molecule has 0 fully saturated rings. The molecule has 0 aliphatic heterocycles. The molecule has 0 aliphatic rings. The molecule has 2 heteroatoms. The van der Waals surface area contributed by atoms with Crippen LogP contribution in [-0.2, 0) is 0 Å². The highest BCUT2D eigenvalue weighted by atomic mass is 16.3. The standard InChI is InChI=1S/C16H16O2/c17-15-10-5-9-14(12-15)16(18)11-4-8-13-6-2-1-3-7-13/h1-10,12,16-18H,11H2/b8-4+. The van der Waals surface area contributed by atoms with Gasteiger partial charge in [-0.15, -0.1) is 0 Å². The Kier molecular flexibility index (Phi) is 4.15. The summed E-state index contributed by atoms with van der Waals surface area (Å²) in [7, 11) is 0. The van der Waals surface area contributed by atoms with Crippen LogP contribution in [0.5, 0.6) is 5.75 Å². The van der Waals surface area contributed by atoms with E-state index in [4.69, 9.17) is 0 Å². The van der Waals surface area contributed by atoms with Crippen molar-refractivity contribution in [1.82, 2.24) is 0 Å². The largest absolute Gasteiger partial charge is 0.508 e. The van der Waals surface area contributed by atoms with Gasteiger partial charge in [-0.2, -0.15) is 0 Å². The maximum absolute atomic E-state index is 9.96. The van der Waals surface area contributed by atoms with Crippen LogP contribution in [0.15, 0.2) is 60.7 Å². The van der Waals surface area contributed by atoms with Crippen molar-refractivity contribution in [2.45, 2.75) is 12.5 Å². The van der Waals surface area contributed by atoms with E-state index in [2.05, 4.69) is 0 Å². The van der Waals surface area contributed by atoms with Crippen LogP contribution < -0.4 is 0 Å². The Hall–Kier alpha value is -2.06. The quantitative estimate of drug-likeness (QED) is 0.858. The Morgan fingerprint density at radius 3 is 2.50 bits per heavy atom. The van der Waals surface area contributed by atoms with Crippen LogP contribution in [0.2, 0.25) is 0 Å². The Morgan fingerprint density at radius 1 is 1.00 bits per heavy atom. The van der Waals surface area contributed by atoms with Crippen molar-refractivity contribution in [3.63, 3.8) is 0 Å². The number of aliphatic hydroxyl groups is 1. The van der Waals surface area contributed by atoms with E-state index in [1.165, 1.54) is 0 Å². The molecular formula is C16H16O2.